The molecule has 1 amide bonds. The minimum Gasteiger partial charge on any atom is -0.348 e. The van der Waals surface area contributed by atoms with E-state index in [0.29, 0.717) is 24.2 Å². The summed E-state index contributed by atoms with van der Waals surface area (Å²) in [6.07, 6.45) is 7.64. The van der Waals surface area contributed by atoms with Crippen molar-refractivity contribution in [3.63, 3.8) is 0 Å². The van der Waals surface area contributed by atoms with Gasteiger partial charge in [-0.3, -0.25) is 4.79 Å². The Hall–Kier alpha value is -3.55. The van der Waals surface area contributed by atoms with Gasteiger partial charge in [-0.15, -0.1) is 0 Å². The summed E-state index contributed by atoms with van der Waals surface area (Å²) in [6, 6.07) is 9.98. The lowest BCUT2D eigenvalue weighted by Crippen LogP contribution is -2.23. The van der Waals surface area contributed by atoms with Gasteiger partial charge in [0.1, 0.15) is 24.0 Å². The van der Waals surface area contributed by atoms with E-state index >= 15 is 0 Å². The maximum atomic E-state index is 13.0. The van der Waals surface area contributed by atoms with Gasteiger partial charge < -0.3 is 9.88 Å². The van der Waals surface area contributed by atoms with Gasteiger partial charge in [0.05, 0.1) is 12.1 Å². The second kappa shape index (κ2) is 8.29. The average Bonchev–Trinajstić information content (AvgIpc) is 3.34. The molecular weight excluding hydrogens is 390 g/mol. The van der Waals surface area contributed by atoms with Crippen molar-refractivity contribution in [3.05, 3.63) is 71.2 Å². The summed E-state index contributed by atoms with van der Waals surface area (Å²) in [7, 11) is 0. The number of amides is 1. The van der Waals surface area contributed by atoms with Crippen molar-refractivity contribution in [2.45, 2.75) is 52.2 Å². The van der Waals surface area contributed by atoms with Crippen molar-refractivity contribution in [2.24, 2.45) is 0 Å². The molecule has 0 radical (unpaired) electrons. The molecule has 0 saturated heterocycles. The first-order valence-corrected chi connectivity index (χ1v) is 10.7. The predicted molar refractivity (Wildman–Crippen MR) is 117 cm³/mol. The zero-order valence-electron chi connectivity index (χ0n) is 17.6. The number of hydrogen-bond acceptors (Lipinski definition) is 5. The highest BCUT2D eigenvalue weighted by Gasteiger charge is 2.20. The van der Waals surface area contributed by atoms with E-state index in [1.54, 1.807) is 11.0 Å². The van der Waals surface area contributed by atoms with Gasteiger partial charge in [-0.25, -0.2) is 19.6 Å². The number of carbonyl (C=O) groups is 1. The lowest BCUT2D eigenvalue weighted by atomic mass is 10.1. The summed E-state index contributed by atoms with van der Waals surface area (Å²) in [5, 5.41) is 7.17. The molecule has 0 atom stereocenters. The molecule has 0 bridgehead atoms. The number of aromatic nitrogens is 6. The summed E-state index contributed by atoms with van der Waals surface area (Å²) in [6.45, 7) is 3.98. The molecule has 5 rings (SSSR count). The number of benzene rings is 1. The molecule has 0 spiro atoms. The summed E-state index contributed by atoms with van der Waals surface area (Å²) in [4.78, 5) is 26.5. The smallest absolute Gasteiger partial charge is 0.253 e. The molecular formula is C23H25N7O. The molecule has 158 valence electrons. The Morgan fingerprint density at radius 1 is 1.10 bits per heavy atom. The molecule has 31 heavy (non-hydrogen) atoms. The molecule has 0 aliphatic carbocycles. The van der Waals surface area contributed by atoms with Crippen LogP contribution in [0.1, 0.15) is 52.3 Å². The molecule has 3 aromatic heterocycles. The average molecular weight is 416 g/mol. The van der Waals surface area contributed by atoms with Gasteiger partial charge in [-0.1, -0.05) is 30.7 Å². The zero-order valence-corrected chi connectivity index (χ0v) is 17.6. The van der Waals surface area contributed by atoms with Crippen LogP contribution < -0.4 is 5.32 Å². The first-order valence-electron chi connectivity index (χ1n) is 10.7. The fraction of sp³-hybridized carbons (Fsp3) is 0.348. The minimum absolute atomic E-state index is 0.115. The number of fused-ring (bicyclic) bond motifs is 3. The number of nitrogens with zero attached hydrogens (tertiary/aromatic N) is 6. The third-order valence-corrected chi connectivity index (χ3v) is 5.72. The van der Waals surface area contributed by atoms with E-state index in [1.165, 1.54) is 12.7 Å². The van der Waals surface area contributed by atoms with Crippen molar-refractivity contribution >= 4 is 17.1 Å². The Kier molecular flexibility index (Phi) is 5.19. The number of aryl methyl sites for hydroxylation is 3. The topological polar surface area (TPSA) is 90.5 Å². The second-order valence-corrected chi connectivity index (χ2v) is 8.07. The molecule has 8 heteroatoms. The lowest BCUT2D eigenvalue weighted by molar-refractivity contribution is 0.0952. The van der Waals surface area contributed by atoms with Crippen LogP contribution in [0.25, 0.3) is 11.2 Å². The number of carbonyl (C=O) groups excluding carboxylic acids is 1. The highest BCUT2D eigenvalue weighted by Crippen LogP contribution is 2.24. The van der Waals surface area contributed by atoms with Crippen molar-refractivity contribution in [3.8, 4) is 0 Å². The summed E-state index contributed by atoms with van der Waals surface area (Å²) >= 11 is 0. The maximum Gasteiger partial charge on any atom is 0.253 e. The standard InChI is InChI=1S/C23H25N7O/c1-16-11-19(21-22(27-16)30-10-4-2-3-5-20(30)28-21)23(31)25-12-17-6-8-18(9-7-17)13-29-15-24-14-26-29/h6-9,11,14-15H,2-5,10,12-13H2,1H3,(H,25,31). The van der Waals surface area contributed by atoms with E-state index in [9.17, 15) is 4.79 Å². The number of rotatable bonds is 5. The zero-order chi connectivity index (χ0) is 21.2. The Balaban J connectivity index is 1.32. The van der Waals surface area contributed by atoms with Crippen LogP contribution in [0, 0.1) is 6.92 Å². The number of imidazole rings is 1. The fourth-order valence-corrected chi connectivity index (χ4v) is 4.13. The van der Waals surface area contributed by atoms with Gasteiger partial charge in [0.25, 0.3) is 5.91 Å². The highest BCUT2D eigenvalue weighted by molar-refractivity contribution is 6.04. The monoisotopic (exact) mass is 415 g/mol. The van der Waals surface area contributed by atoms with E-state index in [-0.39, 0.29) is 5.91 Å². The normalized spacial score (nSPS) is 13.7. The molecule has 0 unspecified atom stereocenters. The predicted octanol–water partition coefficient (Wildman–Crippen LogP) is 3.04. The Morgan fingerprint density at radius 2 is 1.94 bits per heavy atom. The van der Waals surface area contributed by atoms with Crippen LogP contribution in [0.15, 0.2) is 43.0 Å². The number of pyridine rings is 1. The van der Waals surface area contributed by atoms with Crippen molar-refractivity contribution in [1.29, 1.82) is 0 Å². The Labute approximate surface area is 180 Å². The van der Waals surface area contributed by atoms with Crippen molar-refractivity contribution in [2.75, 3.05) is 0 Å². The molecule has 4 heterocycles. The van der Waals surface area contributed by atoms with Gasteiger partial charge >= 0.3 is 0 Å². The quantitative estimate of drug-likeness (QED) is 0.541. The fourth-order valence-electron chi connectivity index (χ4n) is 4.13. The van der Waals surface area contributed by atoms with Crippen LogP contribution in [0.5, 0.6) is 0 Å². The third kappa shape index (κ3) is 4.05. The van der Waals surface area contributed by atoms with Crippen molar-refractivity contribution < 1.29 is 4.79 Å². The number of nitrogens with one attached hydrogen (secondary N) is 1. The second-order valence-electron chi connectivity index (χ2n) is 8.07. The SMILES string of the molecule is Cc1cc(C(=O)NCc2ccc(Cn3cncn3)cc2)c2nc3n(c2n1)CCCCC3. The third-order valence-electron chi connectivity index (χ3n) is 5.72. The first-order chi connectivity index (χ1) is 15.2. The van der Waals surface area contributed by atoms with E-state index in [4.69, 9.17) is 9.97 Å². The molecule has 8 nitrogen and oxygen atoms in total. The Morgan fingerprint density at radius 3 is 2.74 bits per heavy atom. The van der Waals surface area contributed by atoms with Crippen LogP contribution >= 0.6 is 0 Å². The maximum absolute atomic E-state index is 13.0. The van der Waals surface area contributed by atoms with Crippen LogP contribution in [0.3, 0.4) is 0 Å². The molecule has 0 fully saturated rings. The van der Waals surface area contributed by atoms with Crippen LogP contribution in [0.2, 0.25) is 0 Å². The minimum atomic E-state index is -0.115. The van der Waals surface area contributed by atoms with Crippen LogP contribution in [0.4, 0.5) is 0 Å². The van der Waals surface area contributed by atoms with Gasteiger partial charge in [-0.05, 0) is 37.0 Å². The van der Waals surface area contributed by atoms with E-state index in [2.05, 4.69) is 20.0 Å². The highest BCUT2D eigenvalue weighted by atomic mass is 16.1. The van der Waals surface area contributed by atoms with Crippen molar-refractivity contribution in [1.82, 2.24) is 34.6 Å². The molecule has 0 saturated carbocycles. The molecule has 1 aliphatic heterocycles. The van der Waals surface area contributed by atoms with Gasteiger partial charge in [0, 0.05) is 25.2 Å². The molecule has 4 aromatic rings. The van der Waals surface area contributed by atoms with E-state index in [1.807, 2.05) is 37.3 Å². The first kappa shape index (κ1) is 19.4. The number of hydrogen-bond donors (Lipinski definition) is 1. The lowest BCUT2D eigenvalue weighted by Gasteiger charge is -2.09. The van der Waals surface area contributed by atoms with Crippen LogP contribution in [-0.2, 0) is 26.1 Å². The molecule has 1 aliphatic rings. The van der Waals surface area contributed by atoms with Gasteiger partial charge in [0.15, 0.2) is 5.65 Å². The summed E-state index contributed by atoms with van der Waals surface area (Å²) in [5.41, 5.74) is 5.15. The van der Waals surface area contributed by atoms with Crippen LogP contribution in [-0.4, -0.2) is 35.2 Å². The molecule has 1 N–H and O–H groups in total. The summed E-state index contributed by atoms with van der Waals surface area (Å²) in [5.74, 6) is 0.929. The van der Waals surface area contributed by atoms with E-state index in [0.717, 1.165) is 54.1 Å². The van der Waals surface area contributed by atoms with Gasteiger partial charge in [-0.2, -0.15) is 5.10 Å². The Bertz CT molecular complexity index is 1210. The van der Waals surface area contributed by atoms with E-state index < -0.39 is 0 Å². The largest absolute Gasteiger partial charge is 0.348 e. The summed E-state index contributed by atoms with van der Waals surface area (Å²) < 4.78 is 3.97. The van der Waals surface area contributed by atoms with Gasteiger partial charge in [0.2, 0.25) is 0 Å². The molecule has 1 aromatic carbocycles.